The van der Waals surface area contributed by atoms with Gasteiger partial charge in [-0.3, -0.25) is 19.2 Å². The molecule has 0 fully saturated rings. The normalized spacial score (nSPS) is 11.7. The van der Waals surface area contributed by atoms with Crippen molar-refractivity contribution in [3.05, 3.63) is 35.4 Å². The van der Waals surface area contributed by atoms with Gasteiger partial charge in [-0.25, -0.2) is 9.87 Å². The highest BCUT2D eigenvalue weighted by Gasteiger charge is 2.28. The van der Waals surface area contributed by atoms with E-state index in [1.165, 1.54) is 12.1 Å². The number of amides is 2. The van der Waals surface area contributed by atoms with Gasteiger partial charge in [0.1, 0.15) is 0 Å². The van der Waals surface area contributed by atoms with E-state index < -0.39 is 24.2 Å². The van der Waals surface area contributed by atoms with E-state index in [2.05, 4.69) is 11.8 Å². The van der Waals surface area contributed by atoms with E-state index in [4.69, 9.17) is 10.3 Å². The predicted octanol–water partition coefficient (Wildman–Crippen LogP) is 0.535. The molecule has 6 nitrogen and oxygen atoms in total. The van der Waals surface area contributed by atoms with Crippen LogP contribution in [0, 0.1) is 11.8 Å². The Balaban J connectivity index is 0.00000211. The van der Waals surface area contributed by atoms with Crippen molar-refractivity contribution in [2.45, 2.75) is 19.3 Å². The van der Waals surface area contributed by atoms with E-state index in [-0.39, 0.29) is 5.56 Å². The van der Waals surface area contributed by atoms with Crippen molar-refractivity contribution < 1.29 is 28.7 Å². The number of benzene rings is 1. The number of hydrogen-bond donors (Lipinski definition) is 4. The number of aliphatic hydroxyl groups excluding tert-OH is 1. The molecule has 2 amide bonds. The maximum Gasteiger partial charge on any atom is 0.271 e. The van der Waals surface area contributed by atoms with Gasteiger partial charge >= 0.3 is 0 Å². The van der Waals surface area contributed by atoms with Crippen LogP contribution in [0.25, 0.3) is 0 Å². The number of carbonyl (C=O) groups excluding carboxylic acids is 2. The van der Waals surface area contributed by atoms with Crippen molar-refractivity contribution in [2.75, 3.05) is 7.18 Å². The summed E-state index contributed by atoms with van der Waals surface area (Å²) in [5, 5.41) is 19.1. The van der Waals surface area contributed by atoms with Crippen LogP contribution in [0.15, 0.2) is 24.3 Å². The highest BCUT2D eigenvalue weighted by molar-refractivity contribution is 5.97. The fraction of sp³-hybridized carbons (Fsp3) is 0.286. The van der Waals surface area contributed by atoms with Crippen molar-refractivity contribution in [1.29, 1.82) is 0 Å². The lowest BCUT2D eigenvalue weighted by atomic mass is 10.1. The average Bonchev–Trinajstić information content (AvgIpc) is 2.54. The Hall–Kier alpha value is -2.50. The molecular formula is C14H16F2N2O4. The molecule has 0 saturated heterocycles. The number of halogens is 2. The van der Waals surface area contributed by atoms with Crippen LogP contribution in [0.5, 0.6) is 0 Å². The lowest BCUT2D eigenvalue weighted by molar-refractivity contribution is -0.137. The molecule has 0 aliphatic carbocycles. The van der Waals surface area contributed by atoms with E-state index in [1.54, 1.807) is 19.1 Å². The molecule has 0 bridgehead atoms. The molecule has 0 aliphatic rings. The van der Waals surface area contributed by atoms with Crippen LogP contribution < -0.4 is 10.8 Å². The minimum atomic E-state index is -2.64. The Bertz CT molecular complexity index is 550. The largest absolute Gasteiger partial charge is 0.362 e. The number of carbonyl (C=O) groups is 2. The SMILES string of the molecule is CC#Cc1ccc(C(=O)NC(C(=O)NO)C(O)F)cc1.CF. The molecule has 4 N–H and O–H groups in total. The fourth-order valence-corrected chi connectivity index (χ4v) is 1.40. The monoisotopic (exact) mass is 314 g/mol. The van der Waals surface area contributed by atoms with E-state index in [0.29, 0.717) is 12.7 Å². The number of rotatable bonds is 4. The molecule has 22 heavy (non-hydrogen) atoms. The van der Waals surface area contributed by atoms with Crippen molar-refractivity contribution >= 4 is 11.8 Å². The van der Waals surface area contributed by atoms with Gasteiger partial charge in [-0.1, -0.05) is 5.92 Å². The van der Waals surface area contributed by atoms with Gasteiger partial charge in [0.05, 0.1) is 7.18 Å². The molecule has 8 heteroatoms. The van der Waals surface area contributed by atoms with Gasteiger partial charge in [-0.15, -0.1) is 5.92 Å². The highest BCUT2D eigenvalue weighted by atomic mass is 19.1. The summed E-state index contributed by atoms with van der Waals surface area (Å²) in [5.74, 6) is 3.44. The van der Waals surface area contributed by atoms with Gasteiger partial charge in [0, 0.05) is 11.1 Å². The van der Waals surface area contributed by atoms with Gasteiger partial charge in [-0.2, -0.15) is 0 Å². The molecular weight excluding hydrogens is 298 g/mol. The minimum absolute atomic E-state index is 0.156. The number of aliphatic hydroxyl groups is 1. The summed E-state index contributed by atoms with van der Waals surface area (Å²) >= 11 is 0. The first-order valence-electron chi connectivity index (χ1n) is 5.97. The first kappa shape index (κ1) is 19.5. The Morgan fingerprint density at radius 3 is 2.18 bits per heavy atom. The molecule has 1 rings (SSSR count). The summed E-state index contributed by atoms with van der Waals surface area (Å²) in [6, 6.07) is 4.14. The Kier molecular flexibility index (Phi) is 9.09. The molecule has 2 unspecified atom stereocenters. The standard InChI is InChI=1S/C13H13FN2O4.CH3F/c1-2-3-8-4-6-9(7-5-8)12(18)15-10(11(14)17)13(19)16-20;1-2/h4-7,10-11,17,20H,1H3,(H,15,18)(H,16,19);1H3. The molecule has 0 saturated carbocycles. The quantitative estimate of drug-likeness (QED) is 0.370. The molecule has 0 radical (unpaired) electrons. The van der Waals surface area contributed by atoms with Gasteiger partial charge < -0.3 is 10.4 Å². The third-order valence-electron chi connectivity index (χ3n) is 2.37. The molecule has 1 aromatic carbocycles. The van der Waals surface area contributed by atoms with Crippen molar-refractivity contribution in [3.8, 4) is 11.8 Å². The summed E-state index contributed by atoms with van der Waals surface area (Å²) < 4.78 is 22.3. The number of hydrogen-bond acceptors (Lipinski definition) is 4. The zero-order valence-electron chi connectivity index (χ0n) is 11.9. The van der Waals surface area contributed by atoms with Crippen LogP contribution in [0.3, 0.4) is 0 Å². The summed E-state index contributed by atoms with van der Waals surface area (Å²) in [6.45, 7) is 1.67. The second kappa shape index (κ2) is 10.3. The molecule has 2 atom stereocenters. The predicted molar refractivity (Wildman–Crippen MR) is 74.3 cm³/mol. The number of alkyl halides is 2. The topological polar surface area (TPSA) is 98.7 Å². The van der Waals surface area contributed by atoms with Gasteiger partial charge in [0.25, 0.3) is 11.8 Å². The minimum Gasteiger partial charge on any atom is -0.362 e. The lowest BCUT2D eigenvalue weighted by Crippen LogP contribution is -2.51. The summed E-state index contributed by atoms with van der Waals surface area (Å²) in [5.41, 5.74) is 2.01. The van der Waals surface area contributed by atoms with Crippen molar-refractivity contribution in [3.63, 3.8) is 0 Å². The molecule has 0 heterocycles. The fourth-order valence-electron chi connectivity index (χ4n) is 1.40. The summed E-state index contributed by atoms with van der Waals surface area (Å²) in [4.78, 5) is 22.8. The molecule has 0 spiro atoms. The molecule has 120 valence electrons. The maximum atomic E-state index is 12.8. The van der Waals surface area contributed by atoms with E-state index >= 15 is 0 Å². The second-order valence-corrected chi connectivity index (χ2v) is 3.75. The van der Waals surface area contributed by atoms with Crippen LogP contribution in [-0.2, 0) is 4.79 Å². The maximum absolute atomic E-state index is 12.8. The Morgan fingerprint density at radius 2 is 1.77 bits per heavy atom. The zero-order chi connectivity index (χ0) is 17.1. The summed E-state index contributed by atoms with van der Waals surface area (Å²) in [6.07, 6.45) is -2.64. The number of nitrogens with one attached hydrogen (secondary N) is 2. The van der Waals surface area contributed by atoms with Crippen LogP contribution in [0.4, 0.5) is 8.78 Å². The number of hydroxylamine groups is 1. The van der Waals surface area contributed by atoms with Crippen LogP contribution in [0.1, 0.15) is 22.8 Å². The lowest BCUT2D eigenvalue weighted by Gasteiger charge is -2.16. The first-order valence-corrected chi connectivity index (χ1v) is 5.97. The van der Waals surface area contributed by atoms with Gasteiger partial charge in [0.15, 0.2) is 6.04 Å². The van der Waals surface area contributed by atoms with Crippen LogP contribution in [-0.4, -0.2) is 41.7 Å². The molecule has 0 aromatic heterocycles. The average molecular weight is 314 g/mol. The van der Waals surface area contributed by atoms with Crippen molar-refractivity contribution in [1.82, 2.24) is 10.8 Å². The van der Waals surface area contributed by atoms with Crippen LogP contribution >= 0.6 is 0 Å². The summed E-state index contributed by atoms with van der Waals surface area (Å²) in [7, 11) is 0.500. The highest BCUT2D eigenvalue weighted by Crippen LogP contribution is 2.05. The van der Waals surface area contributed by atoms with Gasteiger partial charge in [0.2, 0.25) is 6.36 Å². The molecule has 1 aromatic rings. The molecule has 0 aliphatic heterocycles. The second-order valence-electron chi connectivity index (χ2n) is 3.75. The van der Waals surface area contributed by atoms with Crippen molar-refractivity contribution in [2.24, 2.45) is 0 Å². The zero-order valence-corrected chi connectivity index (χ0v) is 11.9. The third kappa shape index (κ3) is 5.87. The van der Waals surface area contributed by atoms with Gasteiger partial charge in [-0.05, 0) is 31.2 Å². The Labute approximate surface area is 126 Å². The first-order chi connectivity index (χ1) is 10.5. The van der Waals surface area contributed by atoms with E-state index in [1.807, 2.05) is 5.32 Å². The Morgan fingerprint density at radius 1 is 1.23 bits per heavy atom. The third-order valence-corrected chi connectivity index (χ3v) is 2.37. The van der Waals surface area contributed by atoms with E-state index in [9.17, 15) is 18.4 Å². The van der Waals surface area contributed by atoms with Crippen LogP contribution in [0.2, 0.25) is 0 Å². The smallest absolute Gasteiger partial charge is 0.271 e. The van der Waals surface area contributed by atoms with E-state index in [0.717, 1.165) is 5.48 Å².